The third kappa shape index (κ3) is 3.18. The molecule has 2 fully saturated rings. The van der Waals surface area contributed by atoms with Crippen LogP contribution >= 0.6 is 0 Å². The highest BCUT2D eigenvalue weighted by molar-refractivity contribution is 5.90. The molecule has 2 aliphatic heterocycles. The number of aromatic nitrogens is 1. The highest BCUT2D eigenvalue weighted by atomic mass is 16.5. The van der Waals surface area contributed by atoms with Gasteiger partial charge in [-0.1, -0.05) is 25.1 Å². The van der Waals surface area contributed by atoms with E-state index < -0.39 is 0 Å². The molecule has 1 amide bonds. The normalized spacial score (nSPS) is 25.0. The molecule has 5 heteroatoms. The lowest BCUT2D eigenvalue weighted by molar-refractivity contribution is -0.129. The highest BCUT2D eigenvalue weighted by Gasteiger charge is 2.36. The minimum atomic E-state index is 0.241. The molecular formula is C20H27N3O2. The number of nitrogens with one attached hydrogen (secondary N) is 1. The second-order valence-electron chi connectivity index (χ2n) is 7.48. The molecular weight excluding hydrogens is 314 g/mol. The molecule has 2 aliphatic rings. The standard InChI is InChI=1S/C20H27N3O2/c1-14-4-3-5-17-16(11-21-20(14)17)10-19(24)23-12-15(2)18(13-23)22-6-8-25-9-7-22/h3-5,11,15,18,21H,6-10,12-13H2,1-2H3/t15-,18-/m0/s1. The number of amides is 1. The first-order valence-corrected chi connectivity index (χ1v) is 9.28. The SMILES string of the molecule is Cc1cccc2c(CC(=O)N3C[C@H](C)[C@@H](N4CCOCC4)C3)c[nH]c12. The maximum Gasteiger partial charge on any atom is 0.227 e. The maximum absolute atomic E-state index is 12.9. The zero-order valence-electron chi connectivity index (χ0n) is 15.1. The van der Waals surface area contributed by atoms with E-state index >= 15 is 0 Å². The van der Waals surface area contributed by atoms with Crippen LogP contribution in [0.3, 0.4) is 0 Å². The Hall–Kier alpha value is -1.85. The van der Waals surface area contributed by atoms with Gasteiger partial charge in [0.1, 0.15) is 0 Å². The number of carbonyl (C=O) groups excluding carboxylic acids is 1. The van der Waals surface area contributed by atoms with E-state index in [1.54, 1.807) is 0 Å². The number of likely N-dealkylation sites (tertiary alicyclic amines) is 1. The summed E-state index contributed by atoms with van der Waals surface area (Å²) < 4.78 is 5.46. The summed E-state index contributed by atoms with van der Waals surface area (Å²) in [7, 11) is 0. The summed E-state index contributed by atoms with van der Waals surface area (Å²) >= 11 is 0. The van der Waals surface area contributed by atoms with E-state index in [4.69, 9.17) is 4.74 Å². The van der Waals surface area contributed by atoms with Crippen LogP contribution in [0.15, 0.2) is 24.4 Å². The number of morpholine rings is 1. The molecule has 0 saturated carbocycles. The quantitative estimate of drug-likeness (QED) is 0.931. The first-order valence-electron chi connectivity index (χ1n) is 9.28. The molecule has 0 radical (unpaired) electrons. The lowest BCUT2D eigenvalue weighted by Gasteiger charge is -2.34. The number of aromatic amines is 1. The van der Waals surface area contributed by atoms with Crippen LogP contribution in [0.5, 0.6) is 0 Å². The minimum absolute atomic E-state index is 0.241. The Balaban J connectivity index is 1.45. The van der Waals surface area contributed by atoms with Gasteiger partial charge in [0.2, 0.25) is 5.91 Å². The van der Waals surface area contributed by atoms with Crippen LogP contribution in [0.4, 0.5) is 0 Å². The first-order chi connectivity index (χ1) is 12.1. The molecule has 25 heavy (non-hydrogen) atoms. The summed E-state index contributed by atoms with van der Waals surface area (Å²) in [5, 5.41) is 1.17. The molecule has 0 unspecified atom stereocenters. The average Bonchev–Trinajstić information content (AvgIpc) is 3.21. The Bertz CT molecular complexity index is 763. The summed E-state index contributed by atoms with van der Waals surface area (Å²) in [5.41, 5.74) is 3.47. The molecule has 2 saturated heterocycles. The third-order valence-corrected chi connectivity index (χ3v) is 5.79. The van der Waals surface area contributed by atoms with Gasteiger partial charge in [0.05, 0.1) is 19.6 Å². The van der Waals surface area contributed by atoms with Crippen LogP contribution in [-0.4, -0.2) is 66.1 Å². The number of hydrogen-bond donors (Lipinski definition) is 1. The maximum atomic E-state index is 12.9. The van der Waals surface area contributed by atoms with Crippen molar-refractivity contribution in [3.63, 3.8) is 0 Å². The number of rotatable bonds is 3. The van der Waals surface area contributed by atoms with Crippen molar-refractivity contribution in [1.29, 1.82) is 0 Å². The highest BCUT2D eigenvalue weighted by Crippen LogP contribution is 2.25. The molecule has 4 rings (SSSR count). The third-order valence-electron chi connectivity index (χ3n) is 5.79. The van der Waals surface area contributed by atoms with Crippen molar-refractivity contribution in [3.05, 3.63) is 35.5 Å². The van der Waals surface area contributed by atoms with Gasteiger partial charge >= 0.3 is 0 Å². The number of nitrogens with zero attached hydrogens (tertiary/aromatic N) is 2. The molecule has 0 aliphatic carbocycles. The number of benzene rings is 1. The fourth-order valence-electron chi connectivity index (χ4n) is 4.32. The van der Waals surface area contributed by atoms with Crippen molar-refractivity contribution in [2.45, 2.75) is 26.3 Å². The Morgan fingerprint density at radius 2 is 2.08 bits per heavy atom. The van der Waals surface area contributed by atoms with E-state index in [1.807, 2.05) is 6.20 Å². The fraction of sp³-hybridized carbons (Fsp3) is 0.550. The lowest BCUT2D eigenvalue weighted by atomic mass is 10.0. The van der Waals surface area contributed by atoms with E-state index in [2.05, 4.69) is 46.8 Å². The second kappa shape index (κ2) is 6.81. The molecule has 1 aromatic heterocycles. The summed E-state index contributed by atoms with van der Waals surface area (Å²) in [6.45, 7) is 9.67. The number of para-hydroxylation sites is 1. The van der Waals surface area contributed by atoms with Crippen molar-refractivity contribution in [3.8, 4) is 0 Å². The van der Waals surface area contributed by atoms with Crippen LogP contribution in [-0.2, 0) is 16.0 Å². The molecule has 0 spiro atoms. The lowest BCUT2D eigenvalue weighted by Crippen LogP contribution is -2.47. The molecule has 2 atom stereocenters. The molecule has 0 bridgehead atoms. The Labute approximate surface area is 148 Å². The van der Waals surface area contributed by atoms with Crippen molar-refractivity contribution in [2.75, 3.05) is 39.4 Å². The van der Waals surface area contributed by atoms with Crippen LogP contribution in [0.1, 0.15) is 18.1 Å². The number of hydrogen-bond acceptors (Lipinski definition) is 3. The van der Waals surface area contributed by atoms with Gasteiger partial charge in [0.25, 0.3) is 0 Å². The van der Waals surface area contributed by atoms with Crippen molar-refractivity contribution >= 4 is 16.8 Å². The largest absolute Gasteiger partial charge is 0.379 e. The predicted octanol–water partition coefficient (Wildman–Crippen LogP) is 2.20. The molecule has 2 aromatic rings. The van der Waals surface area contributed by atoms with Crippen LogP contribution < -0.4 is 0 Å². The van der Waals surface area contributed by atoms with Crippen LogP contribution in [0.2, 0.25) is 0 Å². The number of fused-ring (bicyclic) bond motifs is 1. The summed E-state index contributed by atoms with van der Waals surface area (Å²) in [4.78, 5) is 20.8. The first kappa shape index (κ1) is 16.6. The van der Waals surface area contributed by atoms with Crippen LogP contribution in [0, 0.1) is 12.8 Å². The Kier molecular flexibility index (Phi) is 4.52. The fourth-order valence-corrected chi connectivity index (χ4v) is 4.32. The second-order valence-corrected chi connectivity index (χ2v) is 7.48. The van der Waals surface area contributed by atoms with Crippen molar-refractivity contribution < 1.29 is 9.53 Å². The molecule has 3 heterocycles. The average molecular weight is 341 g/mol. The molecule has 1 N–H and O–H groups in total. The van der Waals surface area contributed by atoms with E-state index in [1.165, 1.54) is 10.9 Å². The predicted molar refractivity (Wildman–Crippen MR) is 98.7 cm³/mol. The van der Waals surface area contributed by atoms with Gasteiger partial charge in [-0.15, -0.1) is 0 Å². The number of carbonyl (C=O) groups is 1. The topological polar surface area (TPSA) is 48.6 Å². The molecule has 1 aromatic carbocycles. The smallest absolute Gasteiger partial charge is 0.227 e. The van der Waals surface area contributed by atoms with Gasteiger partial charge in [0.15, 0.2) is 0 Å². The minimum Gasteiger partial charge on any atom is -0.379 e. The molecule has 5 nitrogen and oxygen atoms in total. The Morgan fingerprint density at radius 3 is 2.88 bits per heavy atom. The van der Waals surface area contributed by atoms with E-state index in [0.717, 1.165) is 50.5 Å². The molecule has 134 valence electrons. The van der Waals surface area contributed by atoms with Crippen molar-refractivity contribution in [2.24, 2.45) is 5.92 Å². The zero-order chi connectivity index (χ0) is 17.4. The summed E-state index contributed by atoms with van der Waals surface area (Å²) in [5.74, 6) is 0.761. The Morgan fingerprint density at radius 1 is 1.28 bits per heavy atom. The van der Waals surface area contributed by atoms with E-state index in [9.17, 15) is 4.79 Å². The zero-order valence-corrected chi connectivity index (χ0v) is 15.1. The number of ether oxygens (including phenoxy) is 1. The van der Waals surface area contributed by atoms with Gasteiger partial charge in [0, 0.05) is 49.3 Å². The van der Waals surface area contributed by atoms with Gasteiger partial charge < -0.3 is 14.6 Å². The number of H-pyrrole nitrogens is 1. The van der Waals surface area contributed by atoms with Gasteiger partial charge in [-0.05, 0) is 24.0 Å². The van der Waals surface area contributed by atoms with Gasteiger partial charge in [-0.25, -0.2) is 0 Å². The van der Waals surface area contributed by atoms with Crippen molar-refractivity contribution in [1.82, 2.24) is 14.8 Å². The number of aryl methyl sites for hydroxylation is 1. The summed E-state index contributed by atoms with van der Waals surface area (Å²) in [6, 6.07) is 6.73. The van der Waals surface area contributed by atoms with Crippen LogP contribution in [0.25, 0.3) is 10.9 Å². The monoisotopic (exact) mass is 341 g/mol. The van der Waals surface area contributed by atoms with E-state index in [0.29, 0.717) is 18.4 Å². The van der Waals surface area contributed by atoms with E-state index in [-0.39, 0.29) is 5.91 Å². The summed E-state index contributed by atoms with van der Waals surface area (Å²) in [6.07, 6.45) is 2.47. The van der Waals surface area contributed by atoms with Gasteiger partial charge in [-0.2, -0.15) is 0 Å². The van der Waals surface area contributed by atoms with Gasteiger partial charge in [-0.3, -0.25) is 9.69 Å².